The summed E-state index contributed by atoms with van der Waals surface area (Å²) in [6, 6.07) is 9.89. The molecule has 2 aromatic rings. The zero-order chi connectivity index (χ0) is 23.5. The lowest BCUT2D eigenvalue weighted by molar-refractivity contribution is -0.137. The van der Waals surface area contributed by atoms with Crippen LogP contribution < -0.4 is 14.8 Å². The summed E-state index contributed by atoms with van der Waals surface area (Å²) in [6.07, 6.45) is 2.64. The van der Waals surface area contributed by atoms with E-state index in [1.165, 1.54) is 0 Å². The van der Waals surface area contributed by atoms with E-state index in [4.69, 9.17) is 9.47 Å². The molecule has 34 heavy (non-hydrogen) atoms. The molecule has 3 aliphatic heterocycles. The summed E-state index contributed by atoms with van der Waals surface area (Å²) in [6.45, 7) is 3.93. The van der Waals surface area contributed by atoms with Gasteiger partial charge in [0.25, 0.3) is 5.91 Å². The second kappa shape index (κ2) is 9.68. The van der Waals surface area contributed by atoms with Crippen LogP contribution in [0.15, 0.2) is 42.6 Å². The molecule has 1 atom stereocenters. The van der Waals surface area contributed by atoms with E-state index < -0.39 is 12.1 Å². The molecule has 2 fully saturated rings. The number of amides is 4. The zero-order valence-corrected chi connectivity index (χ0v) is 18.8. The normalized spacial score (nSPS) is 20.1. The van der Waals surface area contributed by atoms with Crippen LogP contribution in [0.25, 0.3) is 0 Å². The van der Waals surface area contributed by atoms with Gasteiger partial charge in [0.1, 0.15) is 6.04 Å². The summed E-state index contributed by atoms with van der Waals surface area (Å²) in [7, 11) is 0. The minimum absolute atomic E-state index is 0.0316. The van der Waals surface area contributed by atoms with Crippen molar-refractivity contribution in [1.29, 1.82) is 0 Å². The second-order valence-corrected chi connectivity index (χ2v) is 8.61. The van der Waals surface area contributed by atoms with E-state index in [2.05, 4.69) is 15.2 Å². The minimum atomic E-state index is -0.837. The van der Waals surface area contributed by atoms with Gasteiger partial charge in [0.15, 0.2) is 11.5 Å². The van der Waals surface area contributed by atoms with Crippen LogP contribution in [0.1, 0.15) is 17.7 Å². The fraction of sp³-hybridized carbons (Fsp3) is 0.417. The third-order valence-corrected chi connectivity index (χ3v) is 6.40. The Bertz CT molecular complexity index is 1070. The average molecular weight is 466 g/mol. The number of urea groups is 1. The molecule has 0 bridgehead atoms. The quantitative estimate of drug-likeness (QED) is 0.609. The number of ether oxygens (including phenoxy) is 2. The van der Waals surface area contributed by atoms with Crippen molar-refractivity contribution in [1.82, 2.24) is 25.0 Å². The van der Waals surface area contributed by atoms with Gasteiger partial charge in [-0.05, 0) is 29.8 Å². The number of hydrogen-bond donors (Lipinski definition) is 1. The summed E-state index contributed by atoms with van der Waals surface area (Å²) in [4.78, 5) is 47.7. The Labute approximate surface area is 197 Å². The molecule has 0 aliphatic carbocycles. The van der Waals surface area contributed by atoms with Crippen LogP contribution in [0.2, 0.25) is 0 Å². The van der Waals surface area contributed by atoms with Gasteiger partial charge in [-0.2, -0.15) is 0 Å². The first kappa shape index (κ1) is 22.1. The number of pyridine rings is 1. The van der Waals surface area contributed by atoms with Crippen molar-refractivity contribution in [2.45, 2.75) is 25.4 Å². The Kier molecular flexibility index (Phi) is 6.31. The monoisotopic (exact) mass is 465 g/mol. The summed E-state index contributed by atoms with van der Waals surface area (Å²) in [5.74, 6) is 0.731. The number of rotatable bonds is 7. The summed E-state index contributed by atoms with van der Waals surface area (Å²) in [5.41, 5.74) is 1.81. The number of nitrogens with one attached hydrogen (secondary N) is 1. The molecular weight excluding hydrogens is 438 g/mol. The van der Waals surface area contributed by atoms with Crippen molar-refractivity contribution in [3.8, 4) is 11.5 Å². The van der Waals surface area contributed by atoms with E-state index in [0.717, 1.165) is 42.2 Å². The maximum Gasteiger partial charge on any atom is 0.325 e. The van der Waals surface area contributed by atoms with E-state index in [1.54, 1.807) is 29.3 Å². The SMILES string of the molecule is O=C(C[C@@H]1NC(=O)N(Cc2ccc3c(c2)OCO3)C1=O)N1CCN(CCc2ccccn2)CC1. The molecule has 3 aliphatic rings. The molecule has 2 saturated heterocycles. The largest absolute Gasteiger partial charge is 0.454 e. The molecule has 0 unspecified atom stereocenters. The van der Waals surface area contributed by atoms with Crippen molar-refractivity contribution < 1.29 is 23.9 Å². The third-order valence-electron chi connectivity index (χ3n) is 6.40. The first-order valence-corrected chi connectivity index (χ1v) is 11.5. The number of fused-ring (bicyclic) bond motifs is 1. The zero-order valence-electron chi connectivity index (χ0n) is 18.8. The van der Waals surface area contributed by atoms with E-state index in [9.17, 15) is 14.4 Å². The maximum atomic E-state index is 12.8. The lowest BCUT2D eigenvalue weighted by Crippen LogP contribution is -2.50. The molecular formula is C24H27N5O5. The highest BCUT2D eigenvalue weighted by molar-refractivity contribution is 6.05. The van der Waals surface area contributed by atoms with Crippen LogP contribution in [0.5, 0.6) is 11.5 Å². The smallest absolute Gasteiger partial charge is 0.325 e. The molecule has 0 saturated carbocycles. The minimum Gasteiger partial charge on any atom is -0.454 e. The predicted molar refractivity (Wildman–Crippen MR) is 121 cm³/mol. The van der Waals surface area contributed by atoms with Crippen molar-refractivity contribution in [3.05, 3.63) is 53.9 Å². The predicted octanol–water partition coefficient (Wildman–Crippen LogP) is 1.01. The molecule has 4 amide bonds. The molecule has 5 rings (SSSR count). The van der Waals surface area contributed by atoms with Crippen LogP contribution in [-0.4, -0.2) is 83.1 Å². The standard InChI is InChI=1S/C24H27N5O5/c30-22(28-11-9-27(10-12-28)8-6-18-3-1-2-7-25-18)14-19-23(31)29(24(32)26-19)15-17-4-5-20-21(13-17)34-16-33-20/h1-5,7,13,19H,6,8-12,14-16H2,(H,26,32)/t19-/m0/s1. The van der Waals surface area contributed by atoms with Crippen LogP contribution in [0, 0.1) is 0 Å². The molecule has 178 valence electrons. The number of carbonyl (C=O) groups is 3. The van der Waals surface area contributed by atoms with Gasteiger partial charge in [-0.15, -0.1) is 0 Å². The van der Waals surface area contributed by atoms with E-state index in [-0.39, 0.29) is 31.6 Å². The van der Waals surface area contributed by atoms with Gasteiger partial charge in [0.2, 0.25) is 12.7 Å². The number of nitrogens with zero attached hydrogens (tertiary/aromatic N) is 4. The second-order valence-electron chi connectivity index (χ2n) is 8.61. The molecule has 0 radical (unpaired) electrons. The first-order chi connectivity index (χ1) is 16.6. The maximum absolute atomic E-state index is 12.8. The molecule has 1 aromatic heterocycles. The number of imide groups is 1. The fourth-order valence-corrected chi connectivity index (χ4v) is 4.43. The number of benzene rings is 1. The molecule has 10 nitrogen and oxygen atoms in total. The van der Waals surface area contributed by atoms with Crippen LogP contribution in [0.3, 0.4) is 0 Å². The first-order valence-electron chi connectivity index (χ1n) is 11.5. The van der Waals surface area contributed by atoms with E-state index in [0.29, 0.717) is 24.6 Å². The van der Waals surface area contributed by atoms with Crippen LogP contribution in [0.4, 0.5) is 4.79 Å². The van der Waals surface area contributed by atoms with Crippen molar-refractivity contribution in [2.24, 2.45) is 0 Å². The Morgan fingerprint density at radius 1 is 1.06 bits per heavy atom. The third kappa shape index (κ3) is 4.81. The summed E-state index contributed by atoms with van der Waals surface area (Å²) in [5, 5.41) is 2.66. The Balaban J connectivity index is 1.10. The number of aromatic nitrogens is 1. The molecule has 1 N–H and O–H groups in total. The van der Waals surface area contributed by atoms with Crippen molar-refractivity contribution in [3.63, 3.8) is 0 Å². The molecule has 0 spiro atoms. The van der Waals surface area contributed by atoms with Gasteiger partial charge >= 0.3 is 6.03 Å². The topological polar surface area (TPSA) is 104 Å². The number of hydrogen-bond acceptors (Lipinski definition) is 7. The van der Waals surface area contributed by atoms with Gasteiger partial charge in [-0.25, -0.2) is 4.79 Å². The lowest BCUT2D eigenvalue weighted by Gasteiger charge is -2.35. The highest BCUT2D eigenvalue weighted by Crippen LogP contribution is 2.33. The van der Waals surface area contributed by atoms with E-state index in [1.807, 2.05) is 18.2 Å². The Morgan fingerprint density at radius 3 is 2.68 bits per heavy atom. The highest BCUT2D eigenvalue weighted by Gasteiger charge is 2.40. The van der Waals surface area contributed by atoms with Gasteiger partial charge < -0.3 is 19.7 Å². The van der Waals surface area contributed by atoms with Crippen molar-refractivity contribution >= 4 is 17.8 Å². The fourth-order valence-electron chi connectivity index (χ4n) is 4.43. The van der Waals surface area contributed by atoms with Crippen LogP contribution >= 0.6 is 0 Å². The Morgan fingerprint density at radius 2 is 1.88 bits per heavy atom. The Hall–Kier alpha value is -3.66. The van der Waals surface area contributed by atoms with Gasteiger partial charge in [0.05, 0.1) is 13.0 Å². The number of piperazine rings is 1. The van der Waals surface area contributed by atoms with Gasteiger partial charge in [-0.1, -0.05) is 12.1 Å². The number of carbonyl (C=O) groups excluding carboxylic acids is 3. The van der Waals surface area contributed by atoms with Crippen LogP contribution in [-0.2, 0) is 22.6 Å². The molecule has 10 heteroatoms. The summed E-state index contributed by atoms with van der Waals surface area (Å²) < 4.78 is 10.7. The highest BCUT2D eigenvalue weighted by atomic mass is 16.7. The average Bonchev–Trinajstić information content (AvgIpc) is 3.43. The van der Waals surface area contributed by atoms with E-state index >= 15 is 0 Å². The van der Waals surface area contributed by atoms with Gasteiger partial charge in [-0.3, -0.25) is 24.4 Å². The lowest BCUT2D eigenvalue weighted by atomic mass is 10.1. The van der Waals surface area contributed by atoms with Crippen molar-refractivity contribution in [2.75, 3.05) is 39.5 Å². The summed E-state index contributed by atoms with van der Waals surface area (Å²) >= 11 is 0. The molecule has 4 heterocycles. The molecule has 1 aromatic carbocycles. The van der Waals surface area contributed by atoms with Gasteiger partial charge in [0, 0.05) is 51.0 Å².